The molecule has 0 saturated heterocycles. The molecule has 35 heavy (non-hydrogen) atoms. The quantitative estimate of drug-likeness (QED) is 0.312. The molecular formula is C26H28N2O5S2. The van der Waals surface area contributed by atoms with Crippen LogP contribution in [0.25, 0.3) is 10.6 Å². The topological polar surface area (TPSA) is 94.6 Å². The summed E-state index contributed by atoms with van der Waals surface area (Å²) in [7, 11) is 2.91. The molecule has 0 aliphatic rings. The van der Waals surface area contributed by atoms with E-state index in [1.807, 2.05) is 41.8 Å². The highest BCUT2D eigenvalue weighted by molar-refractivity contribution is 8.13. The van der Waals surface area contributed by atoms with Crippen LogP contribution in [-0.2, 0) is 32.0 Å². The number of hydrogen-bond acceptors (Lipinski definition) is 8. The van der Waals surface area contributed by atoms with Crippen LogP contribution in [0.1, 0.15) is 37.0 Å². The number of amides is 1. The first kappa shape index (κ1) is 26.4. The second-order valence-electron chi connectivity index (χ2n) is 7.74. The number of carbonyl (C=O) groups is 3. The first-order chi connectivity index (χ1) is 16.9. The first-order valence-corrected chi connectivity index (χ1v) is 12.8. The number of ether oxygens (including phenoxy) is 2. The summed E-state index contributed by atoms with van der Waals surface area (Å²) in [5.41, 5.74) is 3.57. The summed E-state index contributed by atoms with van der Waals surface area (Å²) in [4.78, 5) is 42.2. The van der Waals surface area contributed by atoms with Crippen LogP contribution in [0.2, 0.25) is 0 Å². The lowest BCUT2D eigenvalue weighted by molar-refractivity contribution is -0.145. The van der Waals surface area contributed by atoms with Gasteiger partial charge in [-0.1, -0.05) is 43.0 Å². The maximum Gasteiger partial charge on any atom is 0.328 e. The van der Waals surface area contributed by atoms with E-state index in [1.54, 1.807) is 20.2 Å². The molecule has 0 saturated carbocycles. The van der Waals surface area contributed by atoms with Gasteiger partial charge in [-0.2, -0.15) is 0 Å². The van der Waals surface area contributed by atoms with Crippen molar-refractivity contribution in [3.05, 3.63) is 64.7 Å². The molecule has 2 aromatic carbocycles. The van der Waals surface area contributed by atoms with Crippen LogP contribution in [0, 0.1) is 0 Å². The maximum absolute atomic E-state index is 12.5. The second kappa shape index (κ2) is 12.5. The number of rotatable bonds is 10. The van der Waals surface area contributed by atoms with Crippen LogP contribution in [0.3, 0.4) is 0 Å². The minimum atomic E-state index is -0.850. The zero-order valence-electron chi connectivity index (χ0n) is 20.1. The van der Waals surface area contributed by atoms with Crippen molar-refractivity contribution >= 4 is 40.1 Å². The van der Waals surface area contributed by atoms with Crippen molar-refractivity contribution in [3.63, 3.8) is 0 Å². The van der Waals surface area contributed by atoms with Crippen molar-refractivity contribution in [2.45, 2.75) is 44.0 Å². The largest absolute Gasteiger partial charge is 0.497 e. The zero-order chi connectivity index (χ0) is 25.4. The van der Waals surface area contributed by atoms with Crippen LogP contribution < -0.4 is 10.1 Å². The van der Waals surface area contributed by atoms with Crippen molar-refractivity contribution in [2.24, 2.45) is 0 Å². The van der Waals surface area contributed by atoms with E-state index in [0.717, 1.165) is 49.7 Å². The van der Waals surface area contributed by atoms with Gasteiger partial charge in [0.2, 0.25) is 5.91 Å². The van der Waals surface area contributed by atoms with Crippen LogP contribution in [0.5, 0.6) is 5.75 Å². The van der Waals surface area contributed by atoms with Crippen molar-refractivity contribution < 1.29 is 23.9 Å². The lowest BCUT2D eigenvalue weighted by Gasteiger charge is -2.21. The molecule has 0 bridgehead atoms. The molecule has 0 aliphatic heterocycles. The number of esters is 1. The van der Waals surface area contributed by atoms with E-state index < -0.39 is 12.0 Å². The summed E-state index contributed by atoms with van der Waals surface area (Å²) >= 11 is 2.64. The minimum Gasteiger partial charge on any atom is -0.497 e. The van der Waals surface area contributed by atoms with Gasteiger partial charge in [-0.15, -0.1) is 11.3 Å². The highest BCUT2D eigenvalue weighted by Gasteiger charge is 2.25. The average Bonchev–Trinajstić information content (AvgIpc) is 3.39. The predicted octanol–water partition coefficient (Wildman–Crippen LogP) is 4.66. The number of aromatic nitrogens is 1. The number of hydrogen-bond donors (Lipinski definition) is 1. The highest BCUT2D eigenvalue weighted by atomic mass is 32.2. The van der Waals surface area contributed by atoms with Crippen molar-refractivity contribution in [1.29, 1.82) is 0 Å². The number of carbonyl (C=O) groups excluding carboxylic acids is 3. The van der Waals surface area contributed by atoms with Crippen LogP contribution >= 0.6 is 23.1 Å². The second-order valence-corrected chi connectivity index (χ2v) is 9.82. The molecule has 0 aliphatic carbocycles. The molecule has 3 rings (SSSR count). The van der Waals surface area contributed by atoms with E-state index in [1.165, 1.54) is 25.4 Å². The number of nitrogens with zero attached hydrogens (tertiary/aromatic N) is 1. The third-order valence-corrected chi connectivity index (χ3v) is 7.11. The van der Waals surface area contributed by atoms with E-state index in [4.69, 9.17) is 9.47 Å². The highest BCUT2D eigenvalue weighted by Crippen LogP contribution is 2.39. The number of benzene rings is 2. The Hall–Kier alpha value is -3.17. The van der Waals surface area contributed by atoms with Crippen LogP contribution in [0.4, 0.5) is 0 Å². The molecule has 7 nitrogen and oxygen atoms in total. The SMILES string of the molecule is CCC(=O)N[C@@H](Cc1ccc(-c2nccs2)c(SC(C)=O)c1Cc1cccc(OC)c1)C(=O)OC. The van der Waals surface area contributed by atoms with Crippen molar-refractivity contribution in [2.75, 3.05) is 14.2 Å². The Bertz CT molecular complexity index is 1190. The molecule has 0 unspecified atom stereocenters. The van der Waals surface area contributed by atoms with E-state index in [2.05, 4.69) is 10.3 Å². The van der Waals surface area contributed by atoms with Crippen LogP contribution in [0.15, 0.2) is 52.9 Å². The number of thioether (sulfide) groups is 1. The fourth-order valence-corrected chi connectivity index (χ4v) is 5.30. The van der Waals surface area contributed by atoms with E-state index >= 15 is 0 Å². The van der Waals surface area contributed by atoms with E-state index in [9.17, 15) is 14.4 Å². The van der Waals surface area contributed by atoms with Gasteiger partial charge in [0.25, 0.3) is 0 Å². The fourth-order valence-electron chi connectivity index (χ4n) is 3.68. The van der Waals surface area contributed by atoms with E-state index in [0.29, 0.717) is 6.42 Å². The average molecular weight is 513 g/mol. The summed E-state index contributed by atoms with van der Waals surface area (Å²) in [5.74, 6) is -0.0417. The van der Waals surface area contributed by atoms with Gasteiger partial charge in [0, 0.05) is 41.8 Å². The lowest BCUT2D eigenvalue weighted by Crippen LogP contribution is -2.43. The molecule has 184 valence electrons. The molecule has 0 fully saturated rings. The molecule has 3 aromatic rings. The Kier molecular flexibility index (Phi) is 9.45. The Balaban J connectivity index is 2.16. The normalized spacial score (nSPS) is 11.5. The van der Waals surface area contributed by atoms with Gasteiger partial charge in [0.05, 0.1) is 14.2 Å². The van der Waals surface area contributed by atoms with Gasteiger partial charge in [-0.25, -0.2) is 9.78 Å². The van der Waals surface area contributed by atoms with Crippen molar-refractivity contribution in [1.82, 2.24) is 10.3 Å². The molecule has 1 heterocycles. The molecule has 1 amide bonds. The Morgan fingerprint density at radius 2 is 1.97 bits per heavy atom. The Morgan fingerprint density at radius 1 is 1.17 bits per heavy atom. The molecule has 1 N–H and O–H groups in total. The Morgan fingerprint density at radius 3 is 2.60 bits per heavy atom. The van der Waals surface area contributed by atoms with Gasteiger partial charge in [0.15, 0.2) is 5.12 Å². The van der Waals surface area contributed by atoms with Crippen LogP contribution in [-0.4, -0.2) is 42.2 Å². The number of thiazole rings is 1. The summed E-state index contributed by atoms with van der Waals surface area (Å²) in [6.07, 6.45) is 2.70. The van der Waals surface area contributed by atoms with Gasteiger partial charge in [-0.3, -0.25) is 9.59 Å². The van der Waals surface area contributed by atoms with Gasteiger partial charge in [0.1, 0.15) is 16.8 Å². The lowest BCUT2D eigenvalue weighted by atomic mass is 9.93. The molecule has 0 radical (unpaired) electrons. The molecule has 0 spiro atoms. The first-order valence-electron chi connectivity index (χ1n) is 11.1. The summed E-state index contributed by atoms with van der Waals surface area (Å²) in [6.45, 7) is 3.25. The molecular weight excluding hydrogens is 484 g/mol. The smallest absolute Gasteiger partial charge is 0.328 e. The predicted molar refractivity (Wildman–Crippen MR) is 138 cm³/mol. The fraction of sp³-hybridized carbons (Fsp3) is 0.308. The zero-order valence-corrected chi connectivity index (χ0v) is 21.8. The third-order valence-electron chi connectivity index (χ3n) is 5.35. The summed E-state index contributed by atoms with van der Waals surface area (Å²) in [5, 5.41) is 5.39. The minimum absolute atomic E-state index is 0.0596. The summed E-state index contributed by atoms with van der Waals surface area (Å²) in [6, 6.07) is 10.7. The summed E-state index contributed by atoms with van der Waals surface area (Å²) < 4.78 is 10.3. The molecule has 1 atom stereocenters. The third kappa shape index (κ3) is 6.93. The monoisotopic (exact) mass is 512 g/mol. The Labute approximate surface area is 213 Å². The number of methoxy groups -OCH3 is 2. The molecule has 9 heteroatoms. The standard InChI is InChI=1S/C26H28N2O5S2/c1-5-23(30)28-22(26(31)33-4)15-18-9-10-20(25-27-11-12-34-25)24(35-16(2)29)21(18)14-17-7-6-8-19(13-17)32-3/h6-13,22H,5,14-15H2,1-4H3,(H,28,30)/t22-/m0/s1. The van der Waals surface area contributed by atoms with Gasteiger partial charge >= 0.3 is 5.97 Å². The van der Waals surface area contributed by atoms with Gasteiger partial charge in [-0.05, 0) is 35.2 Å². The van der Waals surface area contributed by atoms with Crippen molar-refractivity contribution in [3.8, 4) is 16.3 Å². The maximum atomic E-state index is 12.5. The van der Waals surface area contributed by atoms with E-state index in [-0.39, 0.29) is 23.9 Å². The number of nitrogens with one attached hydrogen (secondary N) is 1. The molecule has 1 aromatic heterocycles. The van der Waals surface area contributed by atoms with Gasteiger partial charge < -0.3 is 14.8 Å².